The lowest BCUT2D eigenvalue weighted by atomic mass is 10.3. The van der Waals surface area contributed by atoms with Crippen LogP contribution in [0.5, 0.6) is 0 Å². The monoisotopic (exact) mass is 300 g/mol. The number of aromatic amines is 1. The van der Waals surface area contributed by atoms with Crippen LogP contribution in [0.4, 0.5) is 0 Å². The van der Waals surface area contributed by atoms with Gasteiger partial charge in [0.2, 0.25) is 10.0 Å². The van der Waals surface area contributed by atoms with Crippen molar-refractivity contribution in [1.29, 1.82) is 0 Å². The summed E-state index contributed by atoms with van der Waals surface area (Å²) < 4.78 is 27.2. The first-order valence-corrected chi connectivity index (χ1v) is 8.65. The molecule has 2 N–H and O–H groups in total. The van der Waals surface area contributed by atoms with Gasteiger partial charge in [0, 0.05) is 19.6 Å². The van der Waals surface area contributed by atoms with E-state index < -0.39 is 10.0 Å². The van der Waals surface area contributed by atoms with E-state index in [-0.39, 0.29) is 6.04 Å². The van der Waals surface area contributed by atoms with Crippen molar-refractivity contribution < 1.29 is 8.42 Å². The molecule has 1 aromatic heterocycles. The van der Waals surface area contributed by atoms with E-state index in [0.717, 1.165) is 32.2 Å². The molecule has 114 valence electrons. The zero-order valence-electron chi connectivity index (χ0n) is 12.4. The smallest absolute Gasteiger partial charge is 0.246 e. The summed E-state index contributed by atoms with van der Waals surface area (Å²) in [5.74, 6) is 0. The molecule has 1 saturated carbocycles. The lowest BCUT2D eigenvalue weighted by Crippen LogP contribution is -2.36. The van der Waals surface area contributed by atoms with Crippen LogP contribution in [0.15, 0.2) is 4.90 Å². The number of hydrogen-bond donors (Lipinski definition) is 2. The maximum absolute atomic E-state index is 12.8. The first kappa shape index (κ1) is 15.5. The van der Waals surface area contributed by atoms with Gasteiger partial charge in [-0.05, 0) is 26.3 Å². The topological polar surface area (TPSA) is 78.1 Å². The largest absolute Gasteiger partial charge is 0.311 e. The van der Waals surface area contributed by atoms with Gasteiger partial charge in [0.05, 0.1) is 11.4 Å². The molecule has 0 aliphatic heterocycles. The minimum atomic E-state index is -3.47. The molecule has 0 spiro atoms. The molecule has 0 atom stereocenters. The number of aromatic nitrogens is 2. The molecule has 2 rings (SSSR count). The number of hydrogen-bond acceptors (Lipinski definition) is 4. The van der Waals surface area contributed by atoms with Gasteiger partial charge < -0.3 is 5.32 Å². The Kier molecular flexibility index (Phi) is 4.82. The third kappa shape index (κ3) is 2.89. The summed E-state index contributed by atoms with van der Waals surface area (Å²) in [5, 5.41) is 10.1. The zero-order chi connectivity index (χ0) is 14.8. The summed E-state index contributed by atoms with van der Waals surface area (Å²) in [4.78, 5) is 0.341. The Labute approximate surface area is 121 Å². The van der Waals surface area contributed by atoms with Crippen LogP contribution >= 0.6 is 0 Å². The number of rotatable bonds is 6. The SMILES string of the molecule is CCNCc1n[nH]c(C)c1S(=O)(=O)N(C)C1CCCC1. The molecule has 20 heavy (non-hydrogen) atoms. The molecule has 0 saturated heterocycles. The van der Waals surface area contributed by atoms with E-state index in [1.165, 1.54) is 4.31 Å². The van der Waals surface area contributed by atoms with Crippen LogP contribution in [0.2, 0.25) is 0 Å². The van der Waals surface area contributed by atoms with E-state index >= 15 is 0 Å². The predicted octanol–water partition coefficient (Wildman–Crippen LogP) is 1.39. The second-order valence-corrected chi connectivity index (χ2v) is 7.30. The maximum Gasteiger partial charge on any atom is 0.246 e. The molecule has 7 heteroatoms. The third-order valence-corrected chi connectivity index (χ3v) is 6.09. The number of nitrogens with one attached hydrogen (secondary N) is 2. The van der Waals surface area contributed by atoms with E-state index in [2.05, 4.69) is 15.5 Å². The minimum absolute atomic E-state index is 0.126. The second kappa shape index (κ2) is 6.24. The van der Waals surface area contributed by atoms with Crippen molar-refractivity contribution in [1.82, 2.24) is 19.8 Å². The highest BCUT2D eigenvalue weighted by atomic mass is 32.2. The van der Waals surface area contributed by atoms with E-state index in [9.17, 15) is 8.42 Å². The fourth-order valence-electron chi connectivity index (χ4n) is 2.78. The van der Waals surface area contributed by atoms with Crippen molar-refractivity contribution in [3.8, 4) is 0 Å². The third-order valence-electron chi connectivity index (χ3n) is 3.98. The lowest BCUT2D eigenvalue weighted by molar-refractivity contribution is 0.372. The molecule has 1 heterocycles. The average molecular weight is 300 g/mol. The molecular weight excluding hydrogens is 276 g/mol. The first-order valence-electron chi connectivity index (χ1n) is 7.21. The fourth-order valence-corrected chi connectivity index (χ4v) is 4.52. The zero-order valence-corrected chi connectivity index (χ0v) is 13.3. The van der Waals surface area contributed by atoms with Crippen LogP contribution in [0.25, 0.3) is 0 Å². The van der Waals surface area contributed by atoms with Crippen LogP contribution in [0.3, 0.4) is 0 Å². The Morgan fingerprint density at radius 3 is 2.65 bits per heavy atom. The van der Waals surface area contributed by atoms with Crippen LogP contribution < -0.4 is 5.32 Å². The standard InChI is InChI=1S/C13H24N4O2S/c1-4-14-9-12-13(10(2)15-16-12)20(18,19)17(3)11-7-5-6-8-11/h11,14H,4-9H2,1-3H3,(H,15,16). The Hall–Kier alpha value is -0.920. The van der Waals surface area contributed by atoms with E-state index in [1.807, 2.05) is 6.92 Å². The lowest BCUT2D eigenvalue weighted by Gasteiger charge is -2.23. The Morgan fingerprint density at radius 2 is 2.05 bits per heavy atom. The van der Waals surface area contributed by atoms with Gasteiger partial charge >= 0.3 is 0 Å². The quantitative estimate of drug-likeness (QED) is 0.832. The molecule has 1 fully saturated rings. The van der Waals surface area contributed by atoms with Gasteiger partial charge in [-0.2, -0.15) is 9.40 Å². The molecule has 0 radical (unpaired) electrons. The van der Waals surface area contributed by atoms with Crippen LogP contribution in [0, 0.1) is 6.92 Å². The molecule has 0 bridgehead atoms. The molecule has 0 amide bonds. The van der Waals surface area contributed by atoms with Crippen LogP contribution in [0.1, 0.15) is 44.0 Å². The van der Waals surface area contributed by atoms with Gasteiger partial charge in [-0.15, -0.1) is 0 Å². The Bertz CT molecular complexity index is 547. The Balaban J connectivity index is 2.30. The second-order valence-electron chi connectivity index (χ2n) is 5.36. The summed E-state index contributed by atoms with van der Waals surface area (Å²) in [5.41, 5.74) is 1.19. The molecule has 0 unspecified atom stereocenters. The summed E-state index contributed by atoms with van der Waals surface area (Å²) in [6, 6.07) is 0.126. The van der Waals surface area contributed by atoms with E-state index in [4.69, 9.17) is 0 Å². The first-order chi connectivity index (χ1) is 9.48. The normalized spacial score (nSPS) is 17.2. The van der Waals surface area contributed by atoms with E-state index in [0.29, 0.717) is 22.8 Å². The maximum atomic E-state index is 12.8. The van der Waals surface area contributed by atoms with Crippen molar-refractivity contribution >= 4 is 10.0 Å². The number of aryl methyl sites for hydroxylation is 1. The van der Waals surface area contributed by atoms with Gasteiger partial charge in [0.25, 0.3) is 0 Å². The number of sulfonamides is 1. The van der Waals surface area contributed by atoms with Gasteiger partial charge in [0.15, 0.2) is 0 Å². The van der Waals surface area contributed by atoms with Crippen molar-refractivity contribution in [2.24, 2.45) is 0 Å². The highest BCUT2D eigenvalue weighted by Crippen LogP contribution is 2.29. The molecule has 1 aliphatic carbocycles. The number of nitrogens with zero attached hydrogens (tertiary/aromatic N) is 2. The minimum Gasteiger partial charge on any atom is -0.311 e. The molecule has 6 nitrogen and oxygen atoms in total. The number of H-pyrrole nitrogens is 1. The Morgan fingerprint density at radius 1 is 1.40 bits per heavy atom. The molecular formula is C13H24N4O2S. The van der Waals surface area contributed by atoms with E-state index in [1.54, 1.807) is 14.0 Å². The van der Waals surface area contributed by atoms with Gasteiger partial charge in [-0.1, -0.05) is 19.8 Å². The van der Waals surface area contributed by atoms with Crippen molar-refractivity contribution in [2.45, 2.75) is 57.0 Å². The molecule has 1 aliphatic rings. The van der Waals surface area contributed by atoms with Gasteiger partial charge in [-0.25, -0.2) is 8.42 Å². The van der Waals surface area contributed by atoms with Crippen LogP contribution in [-0.2, 0) is 16.6 Å². The average Bonchev–Trinajstić information content (AvgIpc) is 3.04. The molecule has 1 aromatic rings. The van der Waals surface area contributed by atoms with Crippen LogP contribution in [-0.4, -0.2) is 42.6 Å². The highest BCUT2D eigenvalue weighted by molar-refractivity contribution is 7.89. The van der Waals surface area contributed by atoms with Crippen molar-refractivity contribution in [3.05, 3.63) is 11.4 Å². The van der Waals surface area contributed by atoms with Gasteiger partial charge in [0.1, 0.15) is 4.90 Å². The summed E-state index contributed by atoms with van der Waals surface area (Å²) in [6.45, 7) is 4.99. The van der Waals surface area contributed by atoms with Crippen molar-refractivity contribution in [3.63, 3.8) is 0 Å². The predicted molar refractivity (Wildman–Crippen MR) is 77.9 cm³/mol. The summed E-state index contributed by atoms with van der Waals surface area (Å²) in [7, 11) is -1.78. The van der Waals surface area contributed by atoms with Crippen molar-refractivity contribution in [2.75, 3.05) is 13.6 Å². The fraction of sp³-hybridized carbons (Fsp3) is 0.769. The highest BCUT2D eigenvalue weighted by Gasteiger charge is 2.33. The molecule has 0 aromatic carbocycles. The van der Waals surface area contributed by atoms with Gasteiger partial charge in [-0.3, -0.25) is 5.10 Å². The summed E-state index contributed by atoms with van der Waals surface area (Å²) in [6.07, 6.45) is 4.13. The summed E-state index contributed by atoms with van der Waals surface area (Å²) >= 11 is 0.